The fourth-order valence-electron chi connectivity index (χ4n) is 6.44. The third kappa shape index (κ3) is 7.22. The number of para-hydroxylation sites is 1. The number of benzene rings is 2. The van der Waals surface area contributed by atoms with Gasteiger partial charge in [-0.05, 0) is 91.0 Å². The monoisotopic (exact) mass is 541 g/mol. The highest BCUT2D eigenvalue weighted by atomic mass is 16.5. The molecule has 6 heteroatoms. The summed E-state index contributed by atoms with van der Waals surface area (Å²) in [5, 5.41) is 0. The highest BCUT2D eigenvalue weighted by molar-refractivity contribution is 5.79. The maximum Gasteiger partial charge on any atom is 0.226 e. The quantitative estimate of drug-likeness (QED) is 0.405. The third-order valence-corrected chi connectivity index (χ3v) is 8.75. The van der Waals surface area contributed by atoms with Crippen LogP contribution in [0.4, 0.5) is 0 Å². The fourth-order valence-corrected chi connectivity index (χ4v) is 6.44. The smallest absolute Gasteiger partial charge is 0.226 e. The minimum absolute atomic E-state index is 0.208. The van der Waals surface area contributed by atoms with Crippen LogP contribution in [0.2, 0.25) is 0 Å². The lowest BCUT2D eigenvalue weighted by Gasteiger charge is -2.45. The third-order valence-electron chi connectivity index (χ3n) is 8.75. The number of carbonyl (C=O) groups excluding carboxylic acids is 1. The molecular formula is C34H43N3O3. The Kier molecular flexibility index (Phi) is 9.38. The maximum absolute atomic E-state index is 13.3. The molecule has 2 aliphatic heterocycles. The van der Waals surface area contributed by atoms with E-state index in [4.69, 9.17) is 9.47 Å². The summed E-state index contributed by atoms with van der Waals surface area (Å²) in [7, 11) is 1.68. The molecule has 2 aromatic carbocycles. The van der Waals surface area contributed by atoms with Gasteiger partial charge in [-0.3, -0.25) is 14.7 Å². The summed E-state index contributed by atoms with van der Waals surface area (Å²) >= 11 is 0. The molecule has 1 saturated heterocycles. The topological polar surface area (TPSA) is 54.9 Å². The Morgan fingerprint density at radius 3 is 2.55 bits per heavy atom. The van der Waals surface area contributed by atoms with E-state index in [0.29, 0.717) is 13.0 Å². The van der Waals surface area contributed by atoms with Crippen molar-refractivity contribution in [1.29, 1.82) is 0 Å². The highest BCUT2D eigenvalue weighted by Gasteiger charge is 2.37. The number of carbonyl (C=O) groups is 1. The van der Waals surface area contributed by atoms with Gasteiger partial charge in [0.25, 0.3) is 0 Å². The molecule has 3 heterocycles. The number of ether oxygens (including phenoxy) is 2. The number of amides is 1. The first-order valence-electron chi connectivity index (χ1n) is 14.8. The zero-order chi connectivity index (χ0) is 27.8. The number of hydrogen-bond acceptors (Lipinski definition) is 5. The fraction of sp³-hybridized carbons (Fsp3) is 0.471. The molecule has 0 bridgehead atoms. The molecule has 0 aliphatic carbocycles. The van der Waals surface area contributed by atoms with Crippen LogP contribution >= 0.6 is 0 Å². The first-order valence-corrected chi connectivity index (χ1v) is 14.8. The largest absolute Gasteiger partial charge is 0.496 e. The van der Waals surface area contributed by atoms with Crippen molar-refractivity contribution >= 4 is 5.91 Å². The van der Waals surface area contributed by atoms with Crippen molar-refractivity contribution in [2.45, 2.75) is 58.4 Å². The molecule has 0 radical (unpaired) electrons. The molecule has 1 fully saturated rings. The van der Waals surface area contributed by atoms with Crippen molar-refractivity contribution in [1.82, 2.24) is 14.8 Å². The van der Waals surface area contributed by atoms with Crippen LogP contribution < -0.4 is 9.47 Å². The average Bonchev–Trinajstić information content (AvgIpc) is 2.96. The summed E-state index contributed by atoms with van der Waals surface area (Å²) in [6.07, 6.45) is 10.9. The van der Waals surface area contributed by atoms with Crippen molar-refractivity contribution in [3.8, 4) is 11.5 Å². The van der Waals surface area contributed by atoms with Crippen molar-refractivity contribution in [2.75, 3.05) is 39.9 Å². The normalized spacial score (nSPS) is 18.2. The average molecular weight is 542 g/mol. The van der Waals surface area contributed by atoms with E-state index in [-0.39, 0.29) is 11.3 Å². The number of pyridine rings is 1. The van der Waals surface area contributed by atoms with Crippen LogP contribution in [-0.2, 0) is 24.2 Å². The van der Waals surface area contributed by atoms with Crippen molar-refractivity contribution in [3.63, 3.8) is 0 Å². The zero-order valence-electron chi connectivity index (χ0n) is 24.1. The highest BCUT2D eigenvalue weighted by Crippen LogP contribution is 2.39. The summed E-state index contributed by atoms with van der Waals surface area (Å²) in [5.41, 5.74) is 4.92. The number of rotatable bonds is 5. The van der Waals surface area contributed by atoms with Crippen LogP contribution in [-0.4, -0.2) is 60.6 Å². The molecule has 212 valence electrons. The maximum atomic E-state index is 13.3. The molecule has 0 unspecified atom stereocenters. The van der Waals surface area contributed by atoms with Crippen LogP contribution in [0, 0.1) is 12.3 Å². The van der Waals surface area contributed by atoms with Gasteiger partial charge in [0.1, 0.15) is 18.1 Å². The van der Waals surface area contributed by atoms with E-state index in [1.54, 1.807) is 7.11 Å². The minimum atomic E-state index is 0.208. The molecule has 1 spiro atoms. The SMILES string of the molecule is COc1ccc(CC(=O)N2CCC3(CCCCc4ccccc4OCCN(Cc4ccncc4)C3)CC2)cc1C. The molecule has 40 heavy (non-hydrogen) atoms. The second-order valence-electron chi connectivity index (χ2n) is 11.6. The van der Waals surface area contributed by atoms with Gasteiger partial charge in [0.05, 0.1) is 13.5 Å². The van der Waals surface area contributed by atoms with Crippen LogP contribution in [0.25, 0.3) is 0 Å². The summed E-state index contributed by atoms with van der Waals surface area (Å²) in [6.45, 7) is 7.14. The molecule has 1 aromatic heterocycles. The minimum Gasteiger partial charge on any atom is -0.496 e. The molecular weight excluding hydrogens is 498 g/mol. The Morgan fingerprint density at radius 2 is 1.77 bits per heavy atom. The van der Waals surface area contributed by atoms with Crippen molar-refractivity contribution < 1.29 is 14.3 Å². The van der Waals surface area contributed by atoms with Crippen molar-refractivity contribution in [3.05, 3.63) is 89.2 Å². The lowest BCUT2D eigenvalue weighted by atomic mass is 9.73. The molecule has 6 nitrogen and oxygen atoms in total. The Hall–Kier alpha value is -3.38. The molecule has 5 rings (SSSR count). The predicted octanol–water partition coefficient (Wildman–Crippen LogP) is 5.86. The van der Waals surface area contributed by atoms with E-state index in [0.717, 1.165) is 81.0 Å². The molecule has 1 amide bonds. The van der Waals surface area contributed by atoms with Crippen LogP contribution in [0.3, 0.4) is 0 Å². The summed E-state index contributed by atoms with van der Waals surface area (Å²) in [5.74, 6) is 2.12. The Morgan fingerprint density at radius 1 is 0.975 bits per heavy atom. The standard InChI is InChI=1S/C34H43N3O3/c1-27-23-29(10-11-31(27)39-2)24-33(38)37-19-15-34(16-20-37)14-6-5-8-30-7-3-4-9-32(30)40-22-21-36(26-34)25-28-12-17-35-18-13-28/h3-4,7,9-13,17-18,23H,5-6,8,14-16,19-22,24-26H2,1-2H3. The summed E-state index contributed by atoms with van der Waals surface area (Å²) in [6, 6.07) is 18.8. The van der Waals surface area contributed by atoms with E-state index in [9.17, 15) is 4.79 Å². The summed E-state index contributed by atoms with van der Waals surface area (Å²) in [4.78, 5) is 22.2. The number of methoxy groups -OCH3 is 1. The molecule has 0 atom stereocenters. The second kappa shape index (κ2) is 13.3. The number of likely N-dealkylation sites (tertiary alicyclic amines) is 1. The Bertz CT molecular complexity index is 1250. The predicted molar refractivity (Wildman–Crippen MR) is 159 cm³/mol. The van der Waals surface area contributed by atoms with Gasteiger partial charge in [-0.15, -0.1) is 0 Å². The first kappa shape index (κ1) is 28.2. The Balaban J connectivity index is 1.27. The molecule has 0 N–H and O–H groups in total. The number of nitrogens with zero attached hydrogens (tertiary/aromatic N) is 3. The van der Waals surface area contributed by atoms with Crippen LogP contribution in [0.5, 0.6) is 11.5 Å². The Labute approximate surface area is 239 Å². The van der Waals surface area contributed by atoms with Crippen molar-refractivity contribution in [2.24, 2.45) is 5.41 Å². The van der Waals surface area contributed by atoms with Gasteiger partial charge in [0.15, 0.2) is 0 Å². The number of aromatic nitrogens is 1. The second-order valence-corrected chi connectivity index (χ2v) is 11.6. The van der Waals surface area contributed by atoms with Gasteiger partial charge in [-0.25, -0.2) is 0 Å². The molecule has 3 aromatic rings. The van der Waals surface area contributed by atoms with Crippen LogP contribution in [0.15, 0.2) is 67.0 Å². The molecule has 2 aliphatic rings. The number of aryl methyl sites for hydroxylation is 2. The number of hydrogen-bond donors (Lipinski definition) is 0. The number of fused-ring (bicyclic) bond motifs is 1. The van der Waals surface area contributed by atoms with E-state index < -0.39 is 0 Å². The first-order chi connectivity index (χ1) is 19.5. The van der Waals surface area contributed by atoms with Crippen LogP contribution in [0.1, 0.15) is 54.4 Å². The number of piperidine rings is 1. The van der Waals surface area contributed by atoms with Gasteiger partial charge in [0.2, 0.25) is 5.91 Å². The van der Waals surface area contributed by atoms with E-state index in [1.807, 2.05) is 31.5 Å². The van der Waals surface area contributed by atoms with Gasteiger partial charge < -0.3 is 14.4 Å². The van der Waals surface area contributed by atoms with Gasteiger partial charge in [-0.2, -0.15) is 0 Å². The summed E-state index contributed by atoms with van der Waals surface area (Å²) < 4.78 is 11.7. The van der Waals surface area contributed by atoms with Gasteiger partial charge in [0, 0.05) is 45.1 Å². The van der Waals surface area contributed by atoms with E-state index in [1.165, 1.54) is 24.0 Å². The van der Waals surface area contributed by atoms with Gasteiger partial charge >= 0.3 is 0 Å². The van der Waals surface area contributed by atoms with Gasteiger partial charge in [-0.1, -0.05) is 36.8 Å². The molecule has 0 saturated carbocycles. The lowest BCUT2D eigenvalue weighted by Crippen LogP contribution is -2.48. The van der Waals surface area contributed by atoms with E-state index in [2.05, 4.69) is 57.2 Å². The zero-order valence-corrected chi connectivity index (χ0v) is 24.1. The van der Waals surface area contributed by atoms with E-state index >= 15 is 0 Å². The lowest BCUT2D eigenvalue weighted by molar-refractivity contribution is -0.133.